The Morgan fingerprint density at radius 3 is 2.35 bits per heavy atom. The van der Waals surface area contributed by atoms with Gasteiger partial charge in [-0.05, 0) is 85.3 Å². The second-order valence-corrected chi connectivity index (χ2v) is 9.21. The van der Waals surface area contributed by atoms with E-state index in [0.717, 1.165) is 55.9 Å². The molecule has 0 unspecified atom stereocenters. The number of carbonyl (C=O) groups is 2. The van der Waals surface area contributed by atoms with E-state index in [1.54, 1.807) is 0 Å². The first kappa shape index (κ1) is 22.5. The summed E-state index contributed by atoms with van der Waals surface area (Å²) in [4.78, 5) is 23.5. The minimum absolute atomic E-state index is 0.274. The van der Waals surface area contributed by atoms with E-state index in [0.29, 0.717) is 11.3 Å². The molecular weight excluding hydrogens is 384 g/mol. The molecule has 4 nitrogen and oxygen atoms in total. The number of hydrogen-bond donors (Lipinski definition) is 1. The molecule has 31 heavy (non-hydrogen) atoms. The van der Waals surface area contributed by atoms with Crippen LogP contribution < -0.4 is 5.32 Å². The predicted octanol–water partition coefficient (Wildman–Crippen LogP) is 5.95. The van der Waals surface area contributed by atoms with Crippen LogP contribution in [0.5, 0.6) is 0 Å². The zero-order chi connectivity index (χ0) is 22.4. The molecule has 0 aromatic heterocycles. The molecule has 160 valence electrons. The summed E-state index contributed by atoms with van der Waals surface area (Å²) in [5.41, 5.74) is 6.44. The highest BCUT2D eigenvalue weighted by Crippen LogP contribution is 2.38. The quantitative estimate of drug-likeness (QED) is 0.361. The van der Waals surface area contributed by atoms with Crippen LogP contribution in [-0.2, 0) is 17.6 Å². The SMILES string of the molecule is Cc1cc(NC(=O)C(C#N)=C2CCC(C)(C)CC2)ccc1CCc1ccc(C=O)cc1. The molecule has 4 heteroatoms. The van der Waals surface area contributed by atoms with Gasteiger partial charge in [0.25, 0.3) is 5.91 Å². The van der Waals surface area contributed by atoms with Crippen molar-refractivity contribution in [3.8, 4) is 6.07 Å². The Morgan fingerprint density at radius 1 is 1.10 bits per heavy atom. The summed E-state index contributed by atoms with van der Waals surface area (Å²) in [5, 5.41) is 12.5. The maximum absolute atomic E-state index is 12.7. The highest BCUT2D eigenvalue weighted by atomic mass is 16.1. The molecule has 1 amide bonds. The normalized spacial score (nSPS) is 15.1. The first-order chi connectivity index (χ1) is 14.8. The molecular formula is C27H30N2O2. The van der Waals surface area contributed by atoms with Crippen LogP contribution in [0.15, 0.2) is 53.6 Å². The summed E-state index contributed by atoms with van der Waals surface area (Å²) in [5.74, 6) is -0.306. The van der Waals surface area contributed by atoms with Crippen molar-refractivity contribution in [3.63, 3.8) is 0 Å². The van der Waals surface area contributed by atoms with Crippen LogP contribution in [0.2, 0.25) is 0 Å². The lowest BCUT2D eigenvalue weighted by Gasteiger charge is -2.31. The summed E-state index contributed by atoms with van der Waals surface area (Å²) >= 11 is 0. The number of anilines is 1. The third kappa shape index (κ3) is 5.92. The monoisotopic (exact) mass is 414 g/mol. The Labute approximate surface area is 185 Å². The second kappa shape index (κ2) is 9.75. The molecule has 1 fully saturated rings. The van der Waals surface area contributed by atoms with Gasteiger partial charge in [-0.25, -0.2) is 0 Å². The van der Waals surface area contributed by atoms with E-state index in [4.69, 9.17) is 0 Å². The van der Waals surface area contributed by atoms with Crippen molar-refractivity contribution in [2.24, 2.45) is 5.41 Å². The molecule has 1 N–H and O–H groups in total. The van der Waals surface area contributed by atoms with Gasteiger partial charge in [0.05, 0.1) is 0 Å². The summed E-state index contributed by atoms with van der Waals surface area (Å²) < 4.78 is 0. The van der Waals surface area contributed by atoms with Gasteiger partial charge in [0.15, 0.2) is 0 Å². The highest BCUT2D eigenvalue weighted by molar-refractivity contribution is 6.07. The fraction of sp³-hybridized carbons (Fsp3) is 0.370. The van der Waals surface area contributed by atoms with Crippen LogP contribution in [0.1, 0.15) is 66.6 Å². The van der Waals surface area contributed by atoms with E-state index in [1.807, 2.05) is 49.4 Å². The molecule has 2 aromatic rings. The average Bonchev–Trinajstić information content (AvgIpc) is 2.75. The zero-order valence-corrected chi connectivity index (χ0v) is 18.6. The smallest absolute Gasteiger partial charge is 0.266 e. The van der Waals surface area contributed by atoms with E-state index in [1.165, 1.54) is 11.1 Å². The van der Waals surface area contributed by atoms with E-state index >= 15 is 0 Å². The van der Waals surface area contributed by atoms with E-state index < -0.39 is 0 Å². The van der Waals surface area contributed by atoms with Gasteiger partial charge in [-0.3, -0.25) is 9.59 Å². The Bertz CT molecular complexity index is 1030. The Hall–Kier alpha value is -3.19. The van der Waals surface area contributed by atoms with Gasteiger partial charge in [-0.15, -0.1) is 0 Å². The number of hydrogen-bond acceptors (Lipinski definition) is 3. The number of aldehydes is 1. The fourth-order valence-electron chi connectivity index (χ4n) is 4.06. The van der Waals surface area contributed by atoms with Crippen molar-refractivity contribution >= 4 is 17.9 Å². The van der Waals surface area contributed by atoms with Crippen molar-refractivity contribution in [1.29, 1.82) is 5.26 Å². The summed E-state index contributed by atoms with van der Waals surface area (Å²) in [7, 11) is 0. The topological polar surface area (TPSA) is 70.0 Å². The molecule has 1 aliphatic carbocycles. The number of nitriles is 1. The van der Waals surface area contributed by atoms with Crippen LogP contribution in [0.4, 0.5) is 5.69 Å². The van der Waals surface area contributed by atoms with Crippen LogP contribution in [0.25, 0.3) is 0 Å². The summed E-state index contributed by atoms with van der Waals surface area (Å²) in [6, 6.07) is 15.7. The number of carbonyl (C=O) groups excluding carboxylic acids is 2. The van der Waals surface area contributed by atoms with Gasteiger partial charge < -0.3 is 5.32 Å². The summed E-state index contributed by atoms with van der Waals surface area (Å²) in [6.07, 6.45) is 6.25. The zero-order valence-electron chi connectivity index (χ0n) is 18.6. The van der Waals surface area contributed by atoms with Crippen LogP contribution >= 0.6 is 0 Å². The maximum Gasteiger partial charge on any atom is 0.266 e. The van der Waals surface area contributed by atoms with Crippen molar-refractivity contribution < 1.29 is 9.59 Å². The lowest BCUT2D eigenvalue weighted by molar-refractivity contribution is -0.112. The molecule has 0 heterocycles. The average molecular weight is 415 g/mol. The lowest BCUT2D eigenvalue weighted by atomic mass is 9.74. The van der Waals surface area contributed by atoms with Crippen molar-refractivity contribution in [3.05, 3.63) is 75.9 Å². The van der Waals surface area contributed by atoms with Gasteiger partial charge in [0.1, 0.15) is 17.9 Å². The molecule has 1 saturated carbocycles. The van der Waals surface area contributed by atoms with Gasteiger partial charge >= 0.3 is 0 Å². The molecule has 0 spiro atoms. The lowest BCUT2D eigenvalue weighted by Crippen LogP contribution is -2.21. The number of allylic oxidation sites excluding steroid dienone is 1. The molecule has 0 saturated heterocycles. The molecule has 0 radical (unpaired) electrons. The number of nitrogens with zero attached hydrogens (tertiary/aromatic N) is 1. The standard InChI is InChI=1S/C27H30N2O2/c1-19-16-24(11-10-22(19)9-8-20-4-6-21(18-30)7-5-20)29-26(31)25(17-28)23-12-14-27(2,3)15-13-23/h4-7,10-11,16,18H,8-9,12-15H2,1-3H3,(H,29,31). The number of benzene rings is 2. The predicted molar refractivity (Wildman–Crippen MR) is 124 cm³/mol. The van der Waals surface area contributed by atoms with Crippen molar-refractivity contribution in [2.75, 3.05) is 5.32 Å². The van der Waals surface area contributed by atoms with Crippen molar-refractivity contribution in [1.82, 2.24) is 0 Å². The van der Waals surface area contributed by atoms with Gasteiger partial charge in [0, 0.05) is 11.3 Å². The highest BCUT2D eigenvalue weighted by Gasteiger charge is 2.27. The van der Waals surface area contributed by atoms with Gasteiger partial charge in [0.2, 0.25) is 0 Å². The van der Waals surface area contributed by atoms with E-state index in [9.17, 15) is 14.9 Å². The minimum Gasteiger partial charge on any atom is -0.321 e. The van der Waals surface area contributed by atoms with Crippen LogP contribution in [0, 0.1) is 23.7 Å². The fourth-order valence-corrected chi connectivity index (χ4v) is 4.06. The molecule has 0 atom stereocenters. The Balaban J connectivity index is 1.64. The number of aryl methyl sites for hydroxylation is 3. The maximum atomic E-state index is 12.7. The van der Waals surface area contributed by atoms with Crippen LogP contribution in [-0.4, -0.2) is 12.2 Å². The third-order valence-electron chi connectivity index (χ3n) is 6.30. The first-order valence-corrected chi connectivity index (χ1v) is 10.9. The molecule has 2 aromatic carbocycles. The minimum atomic E-state index is -0.306. The molecule has 0 aliphatic heterocycles. The third-order valence-corrected chi connectivity index (χ3v) is 6.30. The Kier molecular flexibility index (Phi) is 7.07. The molecule has 1 aliphatic rings. The number of amides is 1. The van der Waals surface area contributed by atoms with Crippen molar-refractivity contribution in [2.45, 2.75) is 59.3 Å². The van der Waals surface area contributed by atoms with Gasteiger partial charge in [-0.2, -0.15) is 5.26 Å². The first-order valence-electron chi connectivity index (χ1n) is 10.9. The molecule has 0 bridgehead atoms. The largest absolute Gasteiger partial charge is 0.321 e. The van der Waals surface area contributed by atoms with Gasteiger partial charge in [-0.1, -0.05) is 44.2 Å². The molecule has 3 rings (SSSR count). The summed E-state index contributed by atoms with van der Waals surface area (Å²) in [6.45, 7) is 6.51. The van der Waals surface area contributed by atoms with Crippen LogP contribution in [0.3, 0.4) is 0 Å². The van der Waals surface area contributed by atoms with E-state index in [-0.39, 0.29) is 16.9 Å². The second-order valence-electron chi connectivity index (χ2n) is 9.21. The van der Waals surface area contributed by atoms with E-state index in [2.05, 4.69) is 25.2 Å². The number of rotatable bonds is 6. The number of nitrogens with one attached hydrogen (secondary N) is 1. The Morgan fingerprint density at radius 2 is 1.77 bits per heavy atom.